The number of hydrogen-bond donors (Lipinski definition) is 2. The summed E-state index contributed by atoms with van der Waals surface area (Å²) in [7, 11) is 0. The van der Waals surface area contributed by atoms with E-state index >= 15 is 0 Å². The van der Waals surface area contributed by atoms with Crippen molar-refractivity contribution < 1.29 is 14.7 Å². The zero-order valence-corrected chi connectivity index (χ0v) is 17.5. The van der Waals surface area contributed by atoms with Crippen LogP contribution in [0.1, 0.15) is 25.8 Å². The molecular formula is C20H21NO3S3. The molecule has 3 heterocycles. The van der Waals surface area contributed by atoms with Gasteiger partial charge in [-0.25, -0.2) is 4.79 Å². The fourth-order valence-corrected chi connectivity index (χ4v) is 5.72. The van der Waals surface area contributed by atoms with Crippen LogP contribution in [0.5, 0.6) is 0 Å². The van der Waals surface area contributed by atoms with Crippen LogP contribution < -0.4 is 5.32 Å². The number of carbonyl (C=O) groups excluding carboxylic acids is 1. The molecule has 2 N–H and O–H groups in total. The number of thiophene rings is 3. The van der Waals surface area contributed by atoms with Crippen LogP contribution in [0.2, 0.25) is 0 Å². The zero-order valence-electron chi connectivity index (χ0n) is 15.1. The maximum atomic E-state index is 12.6. The molecule has 4 nitrogen and oxygen atoms in total. The van der Waals surface area contributed by atoms with Gasteiger partial charge >= 0.3 is 5.97 Å². The van der Waals surface area contributed by atoms with Gasteiger partial charge in [0.05, 0.1) is 6.42 Å². The Hall–Kier alpha value is -1.96. The summed E-state index contributed by atoms with van der Waals surface area (Å²) < 4.78 is 0. The summed E-state index contributed by atoms with van der Waals surface area (Å²) in [5.74, 6) is -1.05. The second kappa shape index (κ2) is 8.82. The number of nitrogens with one attached hydrogen (secondary N) is 1. The van der Waals surface area contributed by atoms with Crippen molar-refractivity contribution >= 4 is 45.9 Å². The molecule has 0 aliphatic rings. The SMILES string of the molecule is CC(C)C[C@H](NC(=O)Cc1cc(-c2cccs2)sc1-c1cccs1)C(=O)O. The van der Waals surface area contributed by atoms with Crippen LogP contribution in [0, 0.1) is 5.92 Å². The molecule has 0 aliphatic heterocycles. The first-order valence-electron chi connectivity index (χ1n) is 8.66. The van der Waals surface area contributed by atoms with Gasteiger partial charge in [0.1, 0.15) is 6.04 Å². The summed E-state index contributed by atoms with van der Waals surface area (Å²) in [6.45, 7) is 3.90. The normalized spacial score (nSPS) is 12.3. The first-order chi connectivity index (χ1) is 12.9. The van der Waals surface area contributed by atoms with E-state index in [9.17, 15) is 14.7 Å². The van der Waals surface area contributed by atoms with E-state index in [1.54, 1.807) is 34.0 Å². The molecule has 0 fully saturated rings. The number of carboxylic acid groups (broad SMARTS) is 1. The second-order valence-corrected chi connectivity index (χ2v) is 9.63. The van der Waals surface area contributed by atoms with E-state index in [2.05, 4.69) is 23.5 Å². The molecule has 7 heteroatoms. The number of aliphatic carboxylic acids is 1. The van der Waals surface area contributed by atoms with Crippen LogP contribution in [0.4, 0.5) is 0 Å². The lowest BCUT2D eigenvalue weighted by atomic mass is 10.0. The summed E-state index contributed by atoms with van der Waals surface area (Å²) >= 11 is 4.99. The molecule has 0 aliphatic carbocycles. The van der Waals surface area contributed by atoms with Crippen molar-refractivity contribution in [3.05, 3.63) is 46.7 Å². The molecule has 0 radical (unpaired) electrons. The van der Waals surface area contributed by atoms with Gasteiger partial charge in [-0.05, 0) is 46.9 Å². The van der Waals surface area contributed by atoms with E-state index in [1.807, 2.05) is 36.7 Å². The van der Waals surface area contributed by atoms with Gasteiger partial charge in [0, 0.05) is 19.5 Å². The van der Waals surface area contributed by atoms with Gasteiger partial charge in [0.2, 0.25) is 5.91 Å². The summed E-state index contributed by atoms with van der Waals surface area (Å²) in [6.07, 6.45) is 0.597. The Kier molecular flexibility index (Phi) is 6.46. The van der Waals surface area contributed by atoms with Crippen LogP contribution in [-0.4, -0.2) is 23.0 Å². The second-order valence-electron chi connectivity index (χ2n) is 6.68. The highest BCUT2D eigenvalue weighted by Gasteiger charge is 2.23. The minimum Gasteiger partial charge on any atom is -0.480 e. The Labute approximate surface area is 170 Å². The third-order valence-corrected chi connectivity index (χ3v) is 7.30. The fourth-order valence-electron chi connectivity index (χ4n) is 2.83. The molecule has 0 saturated heterocycles. The minimum absolute atomic E-state index is 0.178. The third kappa shape index (κ3) is 5.06. The van der Waals surface area contributed by atoms with Crippen molar-refractivity contribution in [3.8, 4) is 19.5 Å². The van der Waals surface area contributed by atoms with E-state index in [1.165, 1.54) is 4.88 Å². The molecule has 0 aromatic carbocycles. The molecule has 1 atom stereocenters. The maximum Gasteiger partial charge on any atom is 0.326 e. The Morgan fingerprint density at radius 3 is 2.30 bits per heavy atom. The molecule has 0 spiro atoms. The van der Waals surface area contributed by atoms with Crippen LogP contribution in [-0.2, 0) is 16.0 Å². The Balaban J connectivity index is 1.83. The zero-order chi connectivity index (χ0) is 19.4. The molecular weight excluding hydrogens is 398 g/mol. The van der Waals surface area contributed by atoms with E-state index in [0.717, 1.165) is 20.2 Å². The molecule has 0 bridgehead atoms. The van der Waals surface area contributed by atoms with Crippen molar-refractivity contribution in [2.75, 3.05) is 0 Å². The van der Waals surface area contributed by atoms with Gasteiger partial charge in [-0.15, -0.1) is 34.0 Å². The molecule has 1 amide bonds. The van der Waals surface area contributed by atoms with E-state index in [4.69, 9.17) is 0 Å². The molecule has 0 saturated carbocycles. The highest BCUT2D eigenvalue weighted by Crippen LogP contribution is 2.41. The first-order valence-corrected chi connectivity index (χ1v) is 11.2. The standard InChI is InChI=1S/C20H21NO3S3/c1-12(2)9-14(20(23)24)21-18(22)11-13-10-17(15-5-3-7-25-15)27-19(13)16-6-4-8-26-16/h3-8,10,12,14H,9,11H2,1-2H3,(H,21,22)(H,23,24)/t14-/m0/s1. The third-order valence-electron chi connectivity index (χ3n) is 4.01. The summed E-state index contributed by atoms with van der Waals surface area (Å²) in [5, 5.41) is 16.1. The Morgan fingerprint density at radius 2 is 1.74 bits per heavy atom. The van der Waals surface area contributed by atoms with Gasteiger partial charge < -0.3 is 10.4 Å². The number of carbonyl (C=O) groups is 2. The number of amides is 1. The first kappa shape index (κ1) is 19.8. The number of carboxylic acids is 1. The minimum atomic E-state index is -0.986. The highest BCUT2D eigenvalue weighted by molar-refractivity contribution is 7.26. The van der Waals surface area contributed by atoms with Gasteiger partial charge in [-0.3, -0.25) is 4.79 Å². The number of hydrogen-bond acceptors (Lipinski definition) is 5. The fraction of sp³-hybridized carbons (Fsp3) is 0.300. The van der Waals surface area contributed by atoms with Crippen molar-refractivity contribution in [2.45, 2.75) is 32.7 Å². The molecule has 3 aromatic heterocycles. The summed E-state index contributed by atoms with van der Waals surface area (Å²) in [6, 6.07) is 9.34. The Bertz CT molecular complexity index is 895. The van der Waals surface area contributed by atoms with Crippen LogP contribution in [0.3, 0.4) is 0 Å². The highest BCUT2D eigenvalue weighted by atomic mass is 32.1. The van der Waals surface area contributed by atoms with Crippen molar-refractivity contribution in [2.24, 2.45) is 5.92 Å². The predicted octanol–water partition coefficient (Wildman–Crippen LogP) is 5.36. The van der Waals surface area contributed by atoms with Crippen molar-refractivity contribution in [1.29, 1.82) is 0 Å². The topological polar surface area (TPSA) is 66.4 Å². The van der Waals surface area contributed by atoms with E-state index in [-0.39, 0.29) is 18.2 Å². The molecule has 3 rings (SSSR count). The molecule has 142 valence electrons. The summed E-state index contributed by atoms with van der Waals surface area (Å²) in [4.78, 5) is 28.5. The van der Waals surface area contributed by atoms with E-state index in [0.29, 0.717) is 6.42 Å². The monoisotopic (exact) mass is 419 g/mol. The lowest BCUT2D eigenvalue weighted by Gasteiger charge is -2.16. The summed E-state index contributed by atoms with van der Waals surface area (Å²) in [5.41, 5.74) is 0.942. The van der Waals surface area contributed by atoms with Crippen molar-refractivity contribution in [1.82, 2.24) is 5.32 Å². The van der Waals surface area contributed by atoms with Crippen LogP contribution in [0.25, 0.3) is 19.5 Å². The molecule has 3 aromatic rings. The lowest BCUT2D eigenvalue weighted by molar-refractivity contribution is -0.142. The molecule has 27 heavy (non-hydrogen) atoms. The van der Waals surface area contributed by atoms with Crippen LogP contribution in [0.15, 0.2) is 41.1 Å². The predicted molar refractivity (Wildman–Crippen MR) is 114 cm³/mol. The van der Waals surface area contributed by atoms with Crippen LogP contribution >= 0.6 is 34.0 Å². The van der Waals surface area contributed by atoms with Gasteiger partial charge in [0.25, 0.3) is 0 Å². The molecule has 0 unspecified atom stereocenters. The average Bonchev–Trinajstić information content (AvgIpc) is 3.34. The Morgan fingerprint density at radius 1 is 1.07 bits per heavy atom. The van der Waals surface area contributed by atoms with Gasteiger partial charge in [0.15, 0.2) is 0 Å². The smallest absolute Gasteiger partial charge is 0.326 e. The van der Waals surface area contributed by atoms with Gasteiger partial charge in [-0.2, -0.15) is 0 Å². The maximum absolute atomic E-state index is 12.6. The van der Waals surface area contributed by atoms with Crippen molar-refractivity contribution in [3.63, 3.8) is 0 Å². The number of rotatable bonds is 8. The van der Waals surface area contributed by atoms with Gasteiger partial charge in [-0.1, -0.05) is 26.0 Å². The quantitative estimate of drug-likeness (QED) is 0.516. The largest absolute Gasteiger partial charge is 0.480 e. The van der Waals surface area contributed by atoms with E-state index < -0.39 is 12.0 Å². The average molecular weight is 420 g/mol. The lowest BCUT2D eigenvalue weighted by Crippen LogP contribution is -2.42.